The molecule has 3 aromatic rings. The number of aliphatic hydroxyl groups excluding tert-OH is 2. The van der Waals surface area contributed by atoms with E-state index in [1.807, 2.05) is 44.2 Å². The van der Waals surface area contributed by atoms with Crippen molar-refractivity contribution in [1.29, 1.82) is 0 Å². The maximum Gasteiger partial charge on any atom is 0.414 e. The predicted molar refractivity (Wildman–Crippen MR) is 174 cm³/mol. The zero-order valence-electron chi connectivity index (χ0n) is 26.4. The number of rotatable bonds is 15. The van der Waals surface area contributed by atoms with E-state index in [0.29, 0.717) is 17.1 Å². The molecule has 4 N–H and O–H groups in total. The minimum atomic E-state index is -4.00. The third-order valence-corrected chi connectivity index (χ3v) is 9.32. The van der Waals surface area contributed by atoms with Crippen LogP contribution in [0.3, 0.4) is 0 Å². The van der Waals surface area contributed by atoms with Crippen LogP contribution in [0, 0.1) is 5.92 Å². The highest BCUT2D eigenvalue weighted by Crippen LogP contribution is 2.26. The van der Waals surface area contributed by atoms with Gasteiger partial charge in [-0.05, 0) is 60.4 Å². The molecule has 13 heteroatoms. The van der Waals surface area contributed by atoms with E-state index in [2.05, 4.69) is 10.6 Å². The number of anilines is 2. The van der Waals surface area contributed by atoms with E-state index >= 15 is 0 Å². The van der Waals surface area contributed by atoms with Crippen LogP contribution in [0.25, 0.3) is 0 Å². The SMILES string of the molecule is COc1ccc(S(=O)(=O)N(CC(C)C)C[C@@H](O)[C@H](Cc2ccccc2)NC(O)[C@@H]2CN(c3cccc(NC(C)=O)c3)C(=O)O2)cc1. The molecule has 3 aromatic carbocycles. The maximum absolute atomic E-state index is 13.7. The Hall–Kier alpha value is -4.01. The van der Waals surface area contributed by atoms with Crippen LogP contribution in [0.5, 0.6) is 5.75 Å². The van der Waals surface area contributed by atoms with Crippen LogP contribution >= 0.6 is 0 Å². The van der Waals surface area contributed by atoms with Crippen molar-refractivity contribution in [3.63, 3.8) is 0 Å². The Bertz CT molecular complexity index is 1570. The van der Waals surface area contributed by atoms with Crippen molar-refractivity contribution in [3.8, 4) is 5.75 Å². The van der Waals surface area contributed by atoms with Crippen molar-refractivity contribution < 1.29 is 37.7 Å². The maximum atomic E-state index is 13.7. The summed E-state index contributed by atoms with van der Waals surface area (Å²) in [6.07, 6.45) is -4.09. The lowest BCUT2D eigenvalue weighted by molar-refractivity contribution is -0.114. The number of benzene rings is 3. The molecular weight excluding hydrogens is 612 g/mol. The molecule has 4 rings (SSSR count). The molecule has 1 aliphatic heterocycles. The molecule has 0 bridgehead atoms. The number of nitrogens with one attached hydrogen (secondary N) is 2. The molecule has 1 aliphatic rings. The van der Waals surface area contributed by atoms with Gasteiger partial charge in [0.2, 0.25) is 15.9 Å². The molecule has 0 radical (unpaired) electrons. The van der Waals surface area contributed by atoms with E-state index in [1.54, 1.807) is 36.4 Å². The minimum Gasteiger partial charge on any atom is -0.497 e. The summed E-state index contributed by atoms with van der Waals surface area (Å²) in [5.74, 6) is 0.215. The molecule has 1 heterocycles. The molecule has 2 amide bonds. The number of carbonyl (C=O) groups excluding carboxylic acids is 2. The molecule has 12 nitrogen and oxygen atoms in total. The Morgan fingerprint density at radius 2 is 1.74 bits per heavy atom. The van der Waals surface area contributed by atoms with Crippen LogP contribution in [0.2, 0.25) is 0 Å². The molecule has 0 spiro atoms. The van der Waals surface area contributed by atoms with E-state index < -0.39 is 40.6 Å². The first-order valence-corrected chi connectivity index (χ1v) is 16.5. The normalized spacial score (nSPS) is 17.1. The van der Waals surface area contributed by atoms with Gasteiger partial charge in [-0.15, -0.1) is 0 Å². The first-order valence-electron chi connectivity index (χ1n) is 15.0. The van der Waals surface area contributed by atoms with Crippen molar-refractivity contribution in [2.45, 2.75) is 56.6 Å². The number of hydrogen-bond acceptors (Lipinski definition) is 9. The average Bonchev–Trinajstić information content (AvgIpc) is 3.42. The molecule has 0 saturated carbocycles. The highest BCUT2D eigenvalue weighted by atomic mass is 32.2. The molecule has 1 saturated heterocycles. The number of ether oxygens (including phenoxy) is 2. The molecule has 46 heavy (non-hydrogen) atoms. The molecule has 0 aliphatic carbocycles. The van der Waals surface area contributed by atoms with Gasteiger partial charge >= 0.3 is 6.09 Å². The number of amides is 2. The number of nitrogens with zero attached hydrogens (tertiary/aromatic N) is 2. The lowest BCUT2D eigenvalue weighted by atomic mass is 10.00. The van der Waals surface area contributed by atoms with Gasteiger partial charge in [-0.2, -0.15) is 4.31 Å². The Balaban J connectivity index is 1.53. The molecule has 1 unspecified atom stereocenters. The van der Waals surface area contributed by atoms with Gasteiger partial charge in [0.1, 0.15) is 12.0 Å². The summed E-state index contributed by atoms with van der Waals surface area (Å²) in [6.45, 7) is 5.05. The van der Waals surface area contributed by atoms with Crippen LogP contribution in [-0.2, 0) is 26.0 Å². The lowest BCUT2D eigenvalue weighted by Gasteiger charge is -2.32. The summed E-state index contributed by atoms with van der Waals surface area (Å²) in [5, 5.41) is 28.5. The standard InChI is InChI=1S/C33H42N4O8S/c1-22(2)19-36(46(42,43)28-15-13-27(44-4)14-16-28)20-30(39)29(17-24-9-6-5-7-10-24)35-32(40)31-21-37(33(41)45-31)26-12-8-11-25(18-26)34-23(3)38/h5-16,18,22,29-32,35,39-40H,17,19-21H2,1-4H3,(H,34,38)/t29-,30+,31-,32?/m0/s1. The first kappa shape index (κ1) is 34.9. The van der Waals surface area contributed by atoms with Crippen LogP contribution < -0.4 is 20.3 Å². The van der Waals surface area contributed by atoms with Gasteiger partial charge in [0.15, 0.2) is 6.10 Å². The summed E-state index contributed by atoms with van der Waals surface area (Å²) >= 11 is 0. The van der Waals surface area contributed by atoms with Crippen molar-refractivity contribution in [1.82, 2.24) is 9.62 Å². The zero-order chi connectivity index (χ0) is 33.4. The van der Waals surface area contributed by atoms with Gasteiger partial charge in [0, 0.05) is 37.4 Å². The van der Waals surface area contributed by atoms with Crippen molar-refractivity contribution in [2.75, 3.05) is 37.0 Å². The highest BCUT2D eigenvalue weighted by molar-refractivity contribution is 7.89. The summed E-state index contributed by atoms with van der Waals surface area (Å²) in [6, 6.07) is 21.2. The third-order valence-electron chi connectivity index (χ3n) is 7.47. The van der Waals surface area contributed by atoms with Crippen LogP contribution in [0.15, 0.2) is 83.8 Å². The number of cyclic esters (lactones) is 1. The molecule has 1 fully saturated rings. The van der Waals surface area contributed by atoms with E-state index in [4.69, 9.17) is 9.47 Å². The number of aliphatic hydroxyl groups is 2. The Morgan fingerprint density at radius 3 is 2.37 bits per heavy atom. The minimum absolute atomic E-state index is 0.00397. The number of hydrogen-bond donors (Lipinski definition) is 4. The quantitative estimate of drug-likeness (QED) is 0.181. The highest BCUT2D eigenvalue weighted by Gasteiger charge is 2.39. The molecule has 4 atom stereocenters. The summed E-state index contributed by atoms with van der Waals surface area (Å²) in [5.41, 5.74) is 1.82. The first-order chi connectivity index (χ1) is 21.9. The second-order valence-electron chi connectivity index (χ2n) is 11.6. The predicted octanol–water partition coefficient (Wildman–Crippen LogP) is 3.21. The lowest BCUT2D eigenvalue weighted by Crippen LogP contribution is -2.55. The van der Waals surface area contributed by atoms with Gasteiger partial charge in [-0.25, -0.2) is 13.2 Å². The molecule has 0 aromatic heterocycles. The van der Waals surface area contributed by atoms with Crippen molar-refractivity contribution >= 4 is 33.4 Å². The Labute approximate surface area is 270 Å². The zero-order valence-corrected chi connectivity index (χ0v) is 27.2. The Morgan fingerprint density at radius 1 is 1.04 bits per heavy atom. The second-order valence-corrected chi connectivity index (χ2v) is 13.6. The smallest absolute Gasteiger partial charge is 0.414 e. The fourth-order valence-corrected chi connectivity index (χ4v) is 6.85. The fraction of sp³-hybridized carbons (Fsp3) is 0.394. The van der Waals surface area contributed by atoms with E-state index in [0.717, 1.165) is 5.56 Å². The molecular formula is C33H42N4O8S. The number of sulfonamides is 1. The van der Waals surface area contributed by atoms with Gasteiger partial charge in [0.05, 0.1) is 24.7 Å². The summed E-state index contributed by atoms with van der Waals surface area (Å²) < 4.78 is 39.4. The van der Waals surface area contributed by atoms with E-state index in [-0.39, 0.29) is 42.8 Å². The van der Waals surface area contributed by atoms with Gasteiger partial charge < -0.3 is 25.0 Å². The van der Waals surface area contributed by atoms with Gasteiger partial charge in [0.25, 0.3) is 0 Å². The Kier molecular flexibility index (Phi) is 11.8. The number of carbonyl (C=O) groups is 2. The average molecular weight is 655 g/mol. The van der Waals surface area contributed by atoms with Crippen molar-refractivity contribution in [3.05, 3.63) is 84.4 Å². The van der Waals surface area contributed by atoms with Crippen LogP contribution in [0.4, 0.5) is 16.2 Å². The van der Waals surface area contributed by atoms with Gasteiger partial charge in [-0.1, -0.05) is 50.2 Å². The van der Waals surface area contributed by atoms with Gasteiger partial charge in [-0.3, -0.25) is 15.0 Å². The summed E-state index contributed by atoms with van der Waals surface area (Å²) in [7, 11) is -2.50. The number of methoxy groups -OCH3 is 1. The van der Waals surface area contributed by atoms with Crippen molar-refractivity contribution in [2.24, 2.45) is 5.92 Å². The molecule has 248 valence electrons. The summed E-state index contributed by atoms with van der Waals surface area (Å²) in [4.78, 5) is 25.7. The fourth-order valence-electron chi connectivity index (χ4n) is 5.23. The topological polar surface area (TPSA) is 158 Å². The second kappa shape index (κ2) is 15.5. The van der Waals surface area contributed by atoms with Crippen LogP contribution in [0.1, 0.15) is 26.3 Å². The van der Waals surface area contributed by atoms with Crippen LogP contribution in [-0.4, -0.2) is 86.2 Å². The van der Waals surface area contributed by atoms with E-state index in [9.17, 15) is 28.2 Å². The largest absolute Gasteiger partial charge is 0.497 e. The third kappa shape index (κ3) is 9.04. The van der Waals surface area contributed by atoms with E-state index in [1.165, 1.54) is 35.4 Å². The monoisotopic (exact) mass is 654 g/mol.